The van der Waals surface area contributed by atoms with Crippen LogP contribution in [0.5, 0.6) is 0 Å². The predicted molar refractivity (Wildman–Crippen MR) is 138 cm³/mol. The zero-order valence-electron chi connectivity index (χ0n) is 19.5. The van der Waals surface area contributed by atoms with E-state index in [9.17, 15) is 0 Å². The van der Waals surface area contributed by atoms with Crippen LogP contribution >= 0.6 is 11.6 Å². The molecule has 0 N–H and O–H groups in total. The van der Waals surface area contributed by atoms with Gasteiger partial charge in [-0.25, -0.2) is 14.6 Å². The van der Waals surface area contributed by atoms with E-state index in [0.29, 0.717) is 5.15 Å². The standard InChI is InChI=1S/C26H31ClN4OSi/c1-26(2,3)33(21-13-7-4-8-14-21,22-15-9-5-10-16-22)32-18-12-6-11-17-31-25-23(19-30-31)24(27)28-20-29-25/h4-5,7-10,13-16,19-20H,6,11-12,17-18H2,1-3H3. The minimum absolute atomic E-state index is 0.00263. The average molecular weight is 479 g/mol. The molecular weight excluding hydrogens is 448 g/mol. The molecule has 0 saturated heterocycles. The number of fused-ring (bicyclic) bond motifs is 1. The van der Waals surface area contributed by atoms with Crippen molar-refractivity contribution in [1.29, 1.82) is 0 Å². The lowest BCUT2D eigenvalue weighted by molar-refractivity contribution is 0.285. The van der Waals surface area contributed by atoms with Gasteiger partial charge in [0, 0.05) is 13.2 Å². The molecule has 0 fully saturated rings. The van der Waals surface area contributed by atoms with Crippen LogP contribution in [0, 0.1) is 0 Å². The summed E-state index contributed by atoms with van der Waals surface area (Å²) in [5.41, 5.74) is 0.790. The zero-order chi connectivity index (χ0) is 23.3. The molecule has 0 saturated carbocycles. The first-order valence-corrected chi connectivity index (χ1v) is 13.8. The van der Waals surface area contributed by atoms with E-state index in [-0.39, 0.29) is 5.04 Å². The fourth-order valence-electron chi connectivity index (χ4n) is 4.56. The Bertz CT molecular complexity index is 1140. The highest BCUT2D eigenvalue weighted by atomic mass is 35.5. The molecule has 0 unspecified atom stereocenters. The second-order valence-electron chi connectivity index (χ2n) is 9.34. The van der Waals surface area contributed by atoms with E-state index >= 15 is 0 Å². The molecule has 0 spiro atoms. The molecule has 2 aromatic carbocycles. The van der Waals surface area contributed by atoms with E-state index in [1.54, 1.807) is 6.20 Å². The summed E-state index contributed by atoms with van der Waals surface area (Å²) >= 11 is 6.14. The third-order valence-corrected chi connectivity index (χ3v) is 11.5. The topological polar surface area (TPSA) is 52.8 Å². The monoisotopic (exact) mass is 478 g/mol. The van der Waals surface area contributed by atoms with Gasteiger partial charge in [0.25, 0.3) is 8.32 Å². The molecule has 0 bridgehead atoms. The van der Waals surface area contributed by atoms with Crippen molar-refractivity contribution in [1.82, 2.24) is 19.7 Å². The van der Waals surface area contributed by atoms with Crippen molar-refractivity contribution in [2.24, 2.45) is 0 Å². The third-order valence-electron chi connectivity index (χ3n) is 6.13. The first-order valence-electron chi connectivity index (χ1n) is 11.5. The van der Waals surface area contributed by atoms with Gasteiger partial charge < -0.3 is 4.43 Å². The molecule has 2 aromatic heterocycles. The smallest absolute Gasteiger partial charge is 0.261 e. The minimum Gasteiger partial charge on any atom is -0.407 e. The van der Waals surface area contributed by atoms with E-state index < -0.39 is 8.32 Å². The number of hydrogen-bond acceptors (Lipinski definition) is 4. The summed E-state index contributed by atoms with van der Waals surface area (Å²) < 4.78 is 8.88. The Morgan fingerprint density at radius 2 is 1.52 bits per heavy atom. The van der Waals surface area contributed by atoms with Crippen LogP contribution in [0.1, 0.15) is 40.0 Å². The number of halogens is 1. The van der Waals surface area contributed by atoms with Gasteiger partial charge >= 0.3 is 0 Å². The van der Waals surface area contributed by atoms with Gasteiger partial charge in [0.05, 0.1) is 11.6 Å². The van der Waals surface area contributed by atoms with E-state index in [2.05, 4.69) is 96.5 Å². The van der Waals surface area contributed by atoms with Crippen LogP contribution < -0.4 is 10.4 Å². The Hall–Kier alpha value is -2.54. The fourth-order valence-corrected chi connectivity index (χ4v) is 9.34. The summed E-state index contributed by atoms with van der Waals surface area (Å²) in [7, 11) is -2.45. The molecule has 4 aromatic rings. The molecule has 0 aliphatic heterocycles. The Kier molecular flexibility index (Phi) is 7.27. The molecule has 7 heteroatoms. The molecule has 0 radical (unpaired) electrons. The number of benzene rings is 2. The van der Waals surface area contributed by atoms with Crippen molar-refractivity contribution in [2.75, 3.05) is 6.61 Å². The van der Waals surface area contributed by atoms with Gasteiger partial charge in [-0.15, -0.1) is 0 Å². The maximum absolute atomic E-state index is 6.97. The number of aromatic nitrogens is 4. The van der Waals surface area contributed by atoms with Crippen molar-refractivity contribution in [3.05, 3.63) is 78.3 Å². The van der Waals surface area contributed by atoms with Crippen molar-refractivity contribution in [3.63, 3.8) is 0 Å². The quantitative estimate of drug-likeness (QED) is 0.188. The normalized spacial score (nSPS) is 12.4. The average Bonchev–Trinajstić information content (AvgIpc) is 3.23. The third kappa shape index (κ3) is 4.88. The highest BCUT2D eigenvalue weighted by molar-refractivity contribution is 6.99. The van der Waals surface area contributed by atoms with Gasteiger partial charge in [-0.2, -0.15) is 5.10 Å². The first-order chi connectivity index (χ1) is 15.9. The summed E-state index contributed by atoms with van der Waals surface area (Å²) in [5.74, 6) is 0. The second kappa shape index (κ2) is 10.2. The molecule has 0 aliphatic carbocycles. The highest BCUT2D eigenvalue weighted by Crippen LogP contribution is 2.36. The second-order valence-corrected chi connectivity index (χ2v) is 14.0. The predicted octanol–water partition coefficient (Wildman–Crippen LogP) is 5.23. The first kappa shape index (κ1) is 23.6. The van der Waals surface area contributed by atoms with Gasteiger partial charge in [-0.3, -0.25) is 0 Å². The minimum atomic E-state index is -2.45. The maximum atomic E-state index is 6.97. The molecule has 172 valence electrons. The summed E-state index contributed by atoms with van der Waals surface area (Å²) in [6, 6.07) is 21.6. The van der Waals surface area contributed by atoms with Crippen molar-refractivity contribution >= 4 is 41.3 Å². The molecule has 5 nitrogen and oxygen atoms in total. The summed E-state index contributed by atoms with van der Waals surface area (Å²) in [6.07, 6.45) is 6.28. The van der Waals surface area contributed by atoms with Crippen LogP contribution in [0.4, 0.5) is 0 Å². The van der Waals surface area contributed by atoms with Crippen LogP contribution in [0.2, 0.25) is 10.2 Å². The van der Waals surface area contributed by atoms with Gasteiger partial charge in [0.2, 0.25) is 0 Å². The van der Waals surface area contributed by atoms with E-state index in [1.165, 1.54) is 16.7 Å². The van der Waals surface area contributed by atoms with E-state index in [4.69, 9.17) is 16.0 Å². The molecule has 4 rings (SSSR count). The van der Waals surface area contributed by atoms with Gasteiger partial charge in [-0.1, -0.05) is 93.0 Å². The Morgan fingerprint density at radius 3 is 2.12 bits per heavy atom. The van der Waals surface area contributed by atoms with Crippen LogP contribution in [-0.2, 0) is 11.0 Å². The molecular formula is C26H31ClN4OSi. The van der Waals surface area contributed by atoms with E-state index in [1.807, 2.05) is 4.68 Å². The van der Waals surface area contributed by atoms with Crippen LogP contribution in [0.3, 0.4) is 0 Å². The maximum Gasteiger partial charge on any atom is 0.261 e. The van der Waals surface area contributed by atoms with Gasteiger partial charge in [0.15, 0.2) is 5.65 Å². The van der Waals surface area contributed by atoms with Crippen LogP contribution in [0.25, 0.3) is 11.0 Å². The van der Waals surface area contributed by atoms with Crippen molar-refractivity contribution in [2.45, 2.75) is 51.6 Å². The van der Waals surface area contributed by atoms with Crippen LogP contribution in [0.15, 0.2) is 73.2 Å². The number of hydrogen-bond donors (Lipinski definition) is 0. The molecule has 33 heavy (non-hydrogen) atoms. The largest absolute Gasteiger partial charge is 0.407 e. The van der Waals surface area contributed by atoms with E-state index in [0.717, 1.165) is 43.4 Å². The summed E-state index contributed by atoms with van der Waals surface area (Å²) in [6.45, 7) is 8.48. The zero-order valence-corrected chi connectivity index (χ0v) is 21.3. The summed E-state index contributed by atoms with van der Waals surface area (Å²) in [4.78, 5) is 8.35. The number of nitrogens with zero attached hydrogens (tertiary/aromatic N) is 4. The van der Waals surface area contributed by atoms with Gasteiger partial charge in [0.1, 0.15) is 11.5 Å². The number of rotatable bonds is 9. The fraction of sp³-hybridized carbons (Fsp3) is 0.346. The lowest BCUT2D eigenvalue weighted by atomic mass is 10.2. The molecule has 0 aliphatic rings. The molecule has 2 heterocycles. The van der Waals surface area contributed by atoms with Gasteiger partial charge in [-0.05, 0) is 34.7 Å². The Balaban J connectivity index is 1.44. The Morgan fingerprint density at radius 1 is 0.879 bits per heavy atom. The molecule has 0 amide bonds. The Labute approximate surface area is 201 Å². The molecule has 0 atom stereocenters. The lowest BCUT2D eigenvalue weighted by Crippen LogP contribution is -2.66. The summed E-state index contributed by atoms with van der Waals surface area (Å²) in [5, 5.41) is 8.33. The van der Waals surface area contributed by atoms with Crippen molar-refractivity contribution < 1.29 is 4.43 Å². The van der Waals surface area contributed by atoms with Crippen molar-refractivity contribution in [3.8, 4) is 0 Å². The highest BCUT2D eigenvalue weighted by Gasteiger charge is 2.49. The number of unbranched alkanes of at least 4 members (excludes halogenated alkanes) is 2. The SMILES string of the molecule is CC(C)(C)[Si](OCCCCCn1ncc2c(Cl)ncnc21)(c1ccccc1)c1ccccc1. The van der Waals surface area contributed by atoms with Crippen LogP contribution in [-0.4, -0.2) is 34.7 Å². The lowest BCUT2D eigenvalue weighted by Gasteiger charge is -2.43. The number of aryl methyl sites for hydroxylation is 1.